The van der Waals surface area contributed by atoms with Gasteiger partial charge in [-0.1, -0.05) is 32.0 Å². The summed E-state index contributed by atoms with van der Waals surface area (Å²) in [5, 5.41) is 3.42. The molecule has 0 atom stereocenters. The second-order valence-corrected chi connectivity index (χ2v) is 5.93. The van der Waals surface area contributed by atoms with Crippen molar-refractivity contribution in [1.29, 1.82) is 0 Å². The zero-order valence-corrected chi connectivity index (χ0v) is 12.2. The van der Waals surface area contributed by atoms with Crippen molar-refractivity contribution in [3.05, 3.63) is 29.8 Å². The molecule has 0 amide bonds. The van der Waals surface area contributed by atoms with Crippen LogP contribution in [0.25, 0.3) is 0 Å². The molecule has 19 heavy (non-hydrogen) atoms. The monoisotopic (exact) mass is 261 g/mol. The zero-order chi connectivity index (χ0) is 14.0. The normalized spacial score (nSPS) is 25.8. The van der Waals surface area contributed by atoms with Crippen LogP contribution in [-0.2, 0) is 9.53 Å². The number of esters is 1. The van der Waals surface area contributed by atoms with Gasteiger partial charge in [-0.2, -0.15) is 0 Å². The zero-order valence-electron chi connectivity index (χ0n) is 12.2. The largest absolute Gasteiger partial charge is 0.467 e. The van der Waals surface area contributed by atoms with E-state index in [2.05, 4.69) is 19.2 Å². The first-order chi connectivity index (χ1) is 8.98. The molecule has 0 radical (unpaired) electrons. The summed E-state index contributed by atoms with van der Waals surface area (Å²) in [5.74, 6) is 1.06. The van der Waals surface area contributed by atoms with E-state index in [4.69, 9.17) is 4.74 Å². The number of anilines is 1. The van der Waals surface area contributed by atoms with Crippen LogP contribution in [0.3, 0.4) is 0 Å². The molecular formula is C16H23NO2. The van der Waals surface area contributed by atoms with Crippen LogP contribution in [0.5, 0.6) is 0 Å². The summed E-state index contributed by atoms with van der Waals surface area (Å²) in [7, 11) is 1.46. The molecule has 0 heterocycles. The molecule has 3 heteroatoms. The van der Waals surface area contributed by atoms with E-state index in [9.17, 15) is 4.79 Å². The molecule has 1 aliphatic rings. The summed E-state index contributed by atoms with van der Waals surface area (Å²) in [6, 6.07) is 8.05. The summed E-state index contributed by atoms with van der Waals surface area (Å²) in [6.45, 7) is 6.46. The van der Waals surface area contributed by atoms with Crippen LogP contribution in [0.4, 0.5) is 5.69 Å². The number of methoxy groups -OCH3 is 1. The van der Waals surface area contributed by atoms with E-state index in [1.165, 1.54) is 7.11 Å². The Morgan fingerprint density at radius 3 is 2.53 bits per heavy atom. The number of carbonyl (C=O) groups is 1. The van der Waals surface area contributed by atoms with Crippen LogP contribution in [0, 0.1) is 18.8 Å². The van der Waals surface area contributed by atoms with E-state index in [1.54, 1.807) is 0 Å². The molecule has 0 bridgehead atoms. The van der Waals surface area contributed by atoms with Gasteiger partial charge in [0.25, 0.3) is 0 Å². The maximum absolute atomic E-state index is 12.1. The van der Waals surface area contributed by atoms with Gasteiger partial charge < -0.3 is 10.1 Å². The van der Waals surface area contributed by atoms with Crippen LogP contribution in [-0.4, -0.2) is 18.6 Å². The van der Waals surface area contributed by atoms with E-state index < -0.39 is 5.54 Å². The third-order valence-electron chi connectivity index (χ3n) is 4.26. The van der Waals surface area contributed by atoms with Crippen molar-refractivity contribution in [3.63, 3.8) is 0 Å². The Balaban J connectivity index is 2.18. The number of aryl methyl sites for hydroxylation is 1. The van der Waals surface area contributed by atoms with Crippen molar-refractivity contribution in [2.75, 3.05) is 12.4 Å². The van der Waals surface area contributed by atoms with Gasteiger partial charge in [-0.05, 0) is 43.2 Å². The molecule has 0 aliphatic heterocycles. The Morgan fingerprint density at radius 1 is 1.37 bits per heavy atom. The summed E-state index contributed by atoms with van der Waals surface area (Å²) in [5.41, 5.74) is 1.64. The lowest BCUT2D eigenvalue weighted by molar-refractivity contribution is -0.151. The van der Waals surface area contributed by atoms with Gasteiger partial charge in [0.05, 0.1) is 7.11 Å². The van der Waals surface area contributed by atoms with Gasteiger partial charge in [0.1, 0.15) is 5.54 Å². The molecular weight excluding hydrogens is 238 g/mol. The molecule has 104 valence electrons. The summed E-state index contributed by atoms with van der Waals surface area (Å²) in [4.78, 5) is 12.1. The molecule has 1 fully saturated rings. The third-order valence-corrected chi connectivity index (χ3v) is 4.26. The Labute approximate surface area is 115 Å². The number of ether oxygens (including phenoxy) is 1. The first kappa shape index (κ1) is 13.9. The quantitative estimate of drug-likeness (QED) is 0.844. The number of benzene rings is 1. The minimum absolute atomic E-state index is 0.146. The molecule has 1 aromatic carbocycles. The first-order valence-corrected chi connectivity index (χ1v) is 6.91. The molecule has 1 aromatic rings. The van der Waals surface area contributed by atoms with Crippen LogP contribution >= 0.6 is 0 Å². The average molecular weight is 261 g/mol. The predicted molar refractivity (Wildman–Crippen MR) is 77.1 cm³/mol. The van der Waals surface area contributed by atoms with Crippen molar-refractivity contribution >= 4 is 11.7 Å². The number of hydrogen-bond acceptors (Lipinski definition) is 3. The molecule has 2 rings (SSSR count). The Bertz CT molecular complexity index is 462. The van der Waals surface area contributed by atoms with Crippen molar-refractivity contribution in [1.82, 2.24) is 0 Å². The maximum atomic E-state index is 12.1. The minimum atomic E-state index is -0.532. The second kappa shape index (κ2) is 5.24. The van der Waals surface area contributed by atoms with Crippen LogP contribution in [0.15, 0.2) is 24.3 Å². The van der Waals surface area contributed by atoms with Crippen molar-refractivity contribution in [2.45, 2.75) is 39.2 Å². The van der Waals surface area contributed by atoms with Gasteiger partial charge in [-0.3, -0.25) is 0 Å². The molecule has 1 saturated carbocycles. The topological polar surface area (TPSA) is 38.3 Å². The number of nitrogens with one attached hydrogen (secondary N) is 1. The summed E-state index contributed by atoms with van der Waals surface area (Å²) >= 11 is 0. The fraction of sp³-hybridized carbons (Fsp3) is 0.562. The van der Waals surface area contributed by atoms with Gasteiger partial charge in [0.15, 0.2) is 0 Å². The highest BCUT2D eigenvalue weighted by atomic mass is 16.5. The van der Waals surface area contributed by atoms with Crippen LogP contribution in [0.2, 0.25) is 0 Å². The Morgan fingerprint density at radius 2 is 2.00 bits per heavy atom. The molecule has 0 spiro atoms. The summed E-state index contributed by atoms with van der Waals surface area (Å²) < 4.78 is 5.00. The van der Waals surface area contributed by atoms with Crippen molar-refractivity contribution < 1.29 is 9.53 Å². The predicted octanol–water partition coefficient (Wildman–Crippen LogP) is 3.38. The van der Waals surface area contributed by atoms with Gasteiger partial charge in [-0.15, -0.1) is 0 Å². The lowest BCUT2D eigenvalue weighted by Gasteiger charge is -2.48. The molecule has 0 aromatic heterocycles. The lowest BCUT2D eigenvalue weighted by Crippen LogP contribution is -2.58. The fourth-order valence-electron chi connectivity index (χ4n) is 2.79. The smallest absolute Gasteiger partial charge is 0.331 e. The minimum Gasteiger partial charge on any atom is -0.467 e. The summed E-state index contributed by atoms with van der Waals surface area (Å²) in [6.07, 6.45) is 1.71. The standard InChI is InChI=1S/C16H23NO2/c1-11(2)13-9-16(10-13,15(18)19-4)17-14-8-6-5-7-12(14)3/h5-8,11,13,17H,9-10H2,1-4H3. The van der Waals surface area contributed by atoms with Crippen LogP contribution < -0.4 is 5.32 Å². The number of para-hydroxylation sites is 1. The van der Waals surface area contributed by atoms with E-state index in [1.807, 2.05) is 31.2 Å². The lowest BCUT2D eigenvalue weighted by atomic mass is 9.64. The Kier molecular flexibility index (Phi) is 3.83. The number of hydrogen-bond donors (Lipinski definition) is 1. The Hall–Kier alpha value is -1.51. The molecule has 1 N–H and O–H groups in total. The third kappa shape index (κ3) is 2.60. The highest BCUT2D eigenvalue weighted by molar-refractivity contribution is 5.86. The van der Waals surface area contributed by atoms with Gasteiger partial charge >= 0.3 is 5.97 Å². The van der Waals surface area contributed by atoms with Crippen molar-refractivity contribution in [3.8, 4) is 0 Å². The van der Waals surface area contributed by atoms with Gasteiger partial charge in [0, 0.05) is 5.69 Å². The number of rotatable bonds is 4. The average Bonchev–Trinajstić information content (AvgIpc) is 2.34. The fourth-order valence-corrected chi connectivity index (χ4v) is 2.79. The van der Waals surface area contributed by atoms with Crippen molar-refractivity contribution in [2.24, 2.45) is 11.8 Å². The maximum Gasteiger partial charge on any atom is 0.331 e. The molecule has 1 aliphatic carbocycles. The van der Waals surface area contributed by atoms with E-state index in [0.29, 0.717) is 11.8 Å². The molecule has 0 saturated heterocycles. The van der Waals surface area contributed by atoms with Gasteiger partial charge in [-0.25, -0.2) is 4.79 Å². The molecule has 0 unspecified atom stereocenters. The van der Waals surface area contributed by atoms with E-state index in [0.717, 1.165) is 24.1 Å². The van der Waals surface area contributed by atoms with Crippen LogP contribution in [0.1, 0.15) is 32.3 Å². The highest BCUT2D eigenvalue weighted by Gasteiger charge is 2.52. The van der Waals surface area contributed by atoms with E-state index in [-0.39, 0.29) is 5.97 Å². The second-order valence-electron chi connectivity index (χ2n) is 5.93. The van der Waals surface area contributed by atoms with Gasteiger partial charge in [0.2, 0.25) is 0 Å². The SMILES string of the molecule is COC(=O)C1(Nc2ccccc2C)CC(C(C)C)C1. The number of carbonyl (C=O) groups excluding carboxylic acids is 1. The highest BCUT2D eigenvalue weighted by Crippen LogP contribution is 2.45. The molecule has 3 nitrogen and oxygen atoms in total. The van der Waals surface area contributed by atoms with E-state index >= 15 is 0 Å². The first-order valence-electron chi connectivity index (χ1n) is 6.91.